The van der Waals surface area contributed by atoms with Crippen LogP contribution in [0.5, 0.6) is 5.75 Å². The number of fused-ring (bicyclic) bond motifs is 1. The third-order valence-electron chi connectivity index (χ3n) is 9.35. The molecule has 2 heterocycles. The van der Waals surface area contributed by atoms with Crippen molar-refractivity contribution >= 4 is 35.2 Å². The van der Waals surface area contributed by atoms with Crippen LogP contribution in [-0.4, -0.2) is 66.2 Å². The van der Waals surface area contributed by atoms with Crippen molar-refractivity contribution in [3.05, 3.63) is 120 Å². The van der Waals surface area contributed by atoms with Crippen LogP contribution in [0.25, 0.3) is 16.8 Å². The molecule has 0 unspecified atom stereocenters. The Morgan fingerprint density at radius 3 is 2.29 bits per heavy atom. The van der Waals surface area contributed by atoms with Crippen molar-refractivity contribution in [2.45, 2.75) is 44.1 Å². The van der Waals surface area contributed by atoms with E-state index < -0.39 is 6.10 Å². The lowest BCUT2D eigenvalue weighted by atomic mass is 9.88. The highest BCUT2D eigenvalue weighted by Gasteiger charge is 2.24. The molecule has 0 spiro atoms. The zero-order valence-corrected chi connectivity index (χ0v) is 26.8. The molecule has 236 valence electrons. The van der Waals surface area contributed by atoms with Gasteiger partial charge >= 0.3 is 0 Å². The van der Waals surface area contributed by atoms with Gasteiger partial charge in [0.2, 0.25) is 5.91 Å². The van der Waals surface area contributed by atoms with Gasteiger partial charge in [-0.1, -0.05) is 91.0 Å². The molecule has 45 heavy (non-hydrogen) atoms. The molecule has 0 bridgehead atoms. The maximum atomic E-state index is 13.0. The summed E-state index contributed by atoms with van der Waals surface area (Å²) < 4.78 is 6.07. The van der Waals surface area contributed by atoms with E-state index in [-0.39, 0.29) is 24.9 Å². The predicted molar refractivity (Wildman–Crippen MR) is 186 cm³/mol. The molecule has 1 N–H and O–H groups in total. The molecule has 0 saturated carbocycles. The van der Waals surface area contributed by atoms with Crippen LogP contribution < -0.4 is 4.74 Å². The lowest BCUT2D eigenvalue weighted by molar-refractivity contribution is -0.127. The zero-order valence-electron chi connectivity index (χ0n) is 26.0. The van der Waals surface area contributed by atoms with Crippen molar-refractivity contribution in [3.63, 3.8) is 0 Å². The smallest absolute Gasteiger partial charge is 0.246 e. The summed E-state index contributed by atoms with van der Waals surface area (Å²) in [4.78, 5) is 17.3. The van der Waals surface area contributed by atoms with E-state index in [9.17, 15) is 9.90 Å². The van der Waals surface area contributed by atoms with Crippen LogP contribution in [0.4, 0.5) is 0 Å². The highest BCUT2D eigenvalue weighted by atomic mass is 35.5. The number of aliphatic hydroxyl groups is 1. The summed E-state index contributed by atoms with van der Waals surface area (Å²) in [5.41, 5.74) is 3.64. The first-order valence-electron chi connectivity index (χ1n) is 16.2. The van der Waals surface area contributed by atoms with Gasteiger partial charge in [-0.3, -0.25) is 4.79 Å². The first kappa shape index (κ1) is 32.7. The molecule has 4 aromatic rings. The molecule has 6 rings (SSSR count). The molecule has 0 radical (unpaired) electrons. The number of likely N-dealkylation sites (tertiary alicyclic amines) is 2. The number of aliphatic hydroxyl groups excluding tert-OH is 1. The number of benzene rings is 4. The first-order valence-corrected chi connectivity index (χ1v) is 16.2. The summed E-state index contributed by atoms with van der Waals surface area (Å²) in [5, 5.41) is 13.4. The van der Waals surface area contributed by atoms with Gasteiger partial charge in [-0.25, -0.2) is 0 Å². The Hall–Kier alpha value is -3.64. The van der Waals surface area contributed by atoms with Crippen molar-refractivity contribution < 1.29 is 14.6 Å². The highest BCUT2D eigenvalue weighted by molar-refractivity contribution is 5.92. The van der Waals surface area contributed by atoms with Crippen LogP contribution >= 0.6 is 12.4 Å². The molecule has 4 aromatic carbocycles. The number of carbonyl (C=O) groups excluding carboxylic acids is 1. The topological polar surface area (TPSA) is 53.0 Å². The number of halogens is 1. The highest BCUT2D eigenvalue weighted by Crippen LogP contribution is 2.30. The molecule has 2 saturated heterocycles. The quantitative estimate of drug-likeness (QED) is 0.187. The van der Waals surface area contributed by atoms with Crippen LogP contribution in [0.3, 0.4) is 0 Å². The summed E-state index contributed by atoms with van der Waals surface area (Å²) in [6.07, 6.45) is 8.27. The van der Waals surface area contributed by atoms with Crippen molar-refractivity contribution in [3.8, 4) is 5.75 Å². The fraction of sp³-hybridized carbons (Fsp3) is 0.359. The maximum absolute atomic E-state index is 13.0. The molecule has 6 heteroatoms. The molecule has 0 aromatic heterocycles. The van der Waals surface area contributed by atoms with Crippen LogP contribution in [0.2, 0.25) is 0 Å². The fourth-order valence-electron chi connectivity index (χ4n) is 6.77. The number of para-hydroxylation sites is 1. The number of amides is 1. The molecule has 0 aliphatic carbocycles. The number of ether oxygens (including phenoxy) is 1. The van der Waals surface area contributed by atoms with E-state index >= 15 is 0 Å². The number of β-amino-alcohol motifs (C(OH)–C–C–N with tert-alkyl or cyclic N) is 1. The number of hydrogen-bond acceptors (Lipinski definition) is 4. The summed E-state index contributed by atoms with van der Waals surface area (Å²) in [6.45, 7) is 4.35. The van der Waals surface area contributed by atoms with E-state index in [1.54, 1.807) is 6.08 Å². The molecule has 5 nitrogen and oxygen atoms in total. The van der Waals surface area contributed by atoms with E-state index in [4.69, 9.17) is 4.74 Å². The van der Waals surface area contributed by atoms with Crippen LogP contribution in [0.15, 0.2) is 103 Å². The van der Waals surface area contributed by atoms with Gasteiger partial charge in [-0.15, -0.1) is 12.4 Å². The van der Waals surface area contributed by atoms with Gasteiger partial charge in [0.05, 0.1) is 0 Å². The summed E-state index contributed by atoms with van der Waals surface area (Å²) in [5.74, 6) is 1.92. The van der Waals surface area contributed by atoms with Gasteiger partial charge in [-0.05, 0) is 91.1 Å². The van der Waals surface area contributed by atoms with Gasteiger partial charge in [0.1, 0.15) is 18.5 Å². The third-order valence-corrected chi connectivity index (χ3v) is 9.35. The van der Waals surface area contributed by atoms with Crippen molar-refractivity contribution in [1.82, 2.24) is 9.80 Å². The zero-order chi connectivity index (χ0) is 30.1. The van der Waals surface area contributed by atoms with Gasteiger partial charge < -0.3 is 19.6 Å². The Bertz CT molecular complexity index is 1540. The lowest BCUT2D eigenvalue weighted by Gasteiger charge is -2.33. The minimum Gasteiger partial charge on any atom is -0.490 e. The van der Waals surface area contributed by atoms with E-state index in [1.165, 1.54) is 21.9 Å². The normalized spacial score (nSPS) is 17.3. The van der Waals surface area contributed by atoms with Crippen LogP contribution in [-0.2, 0) is 11.2 Å². The van der Waals surface area contributed by atoms with E-state index in [0.29, 0.717) is 24.1 Å². The lowest BCUT2D eigenvalue weighted by Crippen LogP contribution is -2.40. The molecule has 2 aliphatic heterocycles. The van der Waals surface area contributed by atoms with Gasteiger partial charge in [-0.2, -0.15) is 0 Å². The SMILES string of the molecule is Cl.O=C(C=Cc1ccccc1OC[C@@H](O)CN1CCC(c2ccc3ccccc3c2)CC1)N1CCC(Cc2ccccc2)CC1. The molecular formula is C39H45ClN2O3. The van der Waals surface area contributed by atoms with E-state index in [0.717, 1.165) is 63.8 Å². The predicted octanol–water partition coefficient (Wildman–Crippen LogP) is 7.38. The number of rotatable bonds is 10. The summed E-state index contributed by atoms with van der Waals surface area (Å²) in [7, 11) is 0. The van der Waals surface area contributed by atoms with Gasteiger partial charge in [0.15, 0.2) is 0 Å². The van der Waals surface area contributed by atoms with Crippen molar-refractivity contribution in [1.29, 1.82) is 0 Å². The number of nitrogens with zero attached hydrogens (tertiary/aromatic N) is 2. The first-order chi connectivity index (χ1) is 21.6. The minimum absolute atomic E-state index is 0. The Balaban J connectivity index is 0.00000400. The standard InChI is InChI=1S/C39H44N2O3.ClH/c42-37(28-40-22-20-33(21-23-40)36-15-14-32-10-4-5-12-35(32)27-36)29-44-38-13-7-6-11-34(38)16-17-39(43)41-24-18-31(19-25-41)26-30-8-2-1-3-9-30;/h1-17,27,31,33,37,42H,18-26,28-29H2;1H/t37-;/m0./s1. The fourth-order valence-corrected chi connectivity index (χ4v) is 6.77. The third kappa shape index (κ3) is 8.97. The minimum atomic E-state index is -0.580. The van der Waals surface area contributed by atoms with E-state index in [1.807, 2.05) is 35.2 Å². The number of piperidine rings is 2. The Morgan fingerprint density at radius 1 is 0.822 bits per heavy atom. The second-order valence-corrected chi connectivity index (χ2v) is 12.5. The number of carbonyl (C=O) groups is 1. The molecule has 1 atom stereocenters. The average molecular weight is 625 g/mol. The Morgan fingerprint density at radius 2 is 1.51 bits per heavy atom. The van der Waals surface area contributed by atoms with E-state index in [2.05, 4.69) is 77.7 Å². The van der Waals surface area contributed by atoms with Crippen LogP contribution in [0, 0.1) is 5.92 Å². The van der Waals surface area contributed by atoms with Gasteiger partial charge in [0.25, 0.3) is 0 Å². The molecule has 2 aliphatic rings. The molecule has 1 amide bonds. The Kier molecular flexibility index (Phi) is 11.7. The average Bonchev–Trinajstić information content (AvgIpc) is 3.07. The van der Waals surface area contributed by atoms with Crippen molar-refractivity contribution in [2.75, 3.05) is 39.3 Å². The molecule has 2 fully saturated rings. The summed E-state index contributed by atoms with van der Waals surface area (Å²) in [6, 6.07) is 33.7. The van der Waals surface area contributed by atoms with Crippen LogP contribution in [0.1, 0.15) is 48.3 Å². The second-order valence-electron chi connectivity index (χ2n) is 12.5. The molecular weight excluding hydrogens is 580 g/mol. The summed E-state index contributed by atoms with van der Waals surface area (Å²) >= 11 is 0. The Labute approximate surface area is 273 Å². The largest absolute Gasteiger partial charge is 0.490 e. The van der Waals surface area contributed by atoms with Crippen molar-refractivity contribution in [2.24, 2.45) is 5.92 Å². The van der Waals surface area contributed by atoms with Gasteiger partial charge in [0, 0.05) is 31.3 Å². The monoisotopic (exact) mass is 624 g/mol. The second kappa shape index (κ2) is 16.1. The maximum Gasteiger partial charge on any atom is 0.246 e. The number of hydrogen-bond donors (Lipinski definition) is 1.